The molecule has 3 heteroatoms. The second-order valence-electron chi connectivity index (χ2n) is 1.62. The number of rotatable bonds is 0. The monoisotopic (exact) mass is 123 g/mol. The summed E-state index contributed by atoms with van der Waals surface area (Å²) in [7, 11) is 0. The van der Waals surface area contributed by atoms with Crippen LogP contribution in [0.25, 0.3) is 0 Å². The predicted molar refractivity (Wildman–Crippen MR) is 30.7 cm³/mol. The molecule has 1 rings (SSSR count). The zero-order chi connectivity index (χ0) is 4.41. The van der Waals surface area contributed by atoms with Gasteiger partial charge in [-0.1, -0.05) is 0 Å². The van der Waals surface area contributed by atoms with Gasteiger partial charge in [0.2, 0.25) is 0 Å². The Balaban J connectivity index is 0.000000360. The molecule has 0 amide bonds. The maximum atomic E-state index is 4.95. The van der Waals surface area contributed by atoms with Crippen molar-refractivity contribution in [2.24, 2.45) is 0 Å². The Morgan fingerprint density at radius 3 is 2.57 bits per heavy atom. The average molecular weight is 124 g/mol. The molecule has 1 aliphatic heterocycles. The van der Waals surface area contributed by atoms with Crippen molar-refractivity contribution in [3.63, 3.8) is 0 Å². The number of hydrogen-bond donors (Lipinski definition) is 1. The van der Waals surface area contributed by atoms with Crippen LogP contribution in [0.3, 0.4) is 0 Å². The first kappa shape index (κ1) is 7.21. The highest BCUT2D eigenvalue weighted by Crippen LogP contribution is 1.89. The highest BCUT2D eigenvalue weighted by Gasteiger charge is 2.05. The van der Waals surface area contributed by atoms with Gasteiger partial charge in [-0.2, -0.15) is 0 Å². The molecule has 1 aliphatic rings. The molecular formula is C4H10ClNO. The van der Waals surface area contributed by atoms with Crippen molar-refractivity contribution < 1.29 is 4.74 Å². The zero-order valence-electron chi connectivity index (χ0n) is 4.31. The molecule has 0 aromatic heterocycles. The first-order valence-electron chi connectivity index (χ1n) is 2.21. The molecule has 0 saturated carbocycles. The van der Waals surface area contributed by atoms with Gasteiger partial charge in [0.15, 0.2) is 0 Å². The van der Waals surface area contributed by atoms with Crippen LogP contribution in [0, 0.1) is 0 Å². The Kier molecular flexibility index (Phi) is 3.34. The fourth-order valence-electron chi connectivity index (χ4n) is 0.496. The smallest absolute Gasteiger partial charge is 0.0968 e. The molecule has 1 N–H and O–H groups in total. The van der Waals surface area contributed by atoms with Gasteiger partial charge in [0.05, 0.1) is 13.3 Å². The summed E-state index contributed by atoms with van der Waals surface area (Å²) in [6.07, 6.45) is 0. The van der Waals surface area contributed by atoms with Crippen molar-refractivity contribution in [1.29, 1.82) is 0 Å². The molecule has 1 unspecified atom stereocenters. The topological polar surface area (TPSA) is 21.3 Å². The summed E-state index contributed by atoms with van der Waals surface area (Å²) in [5, 5.41) is 3.10. The van der Waals surface area contributed by atoms with Crippen molar-refractivity contribution >= 4 is 12.4 Å². The Labute approximate surface area is 49.6 Å². The van der Waals surface area contributed by atoms with E-state index in [2.05, 4.69) is 12.2 Å². The lowest BCUT2D eigenvalue weighted by molar-refractivity contribution is 0.190. The lowest BCUT2D eigenvalue weighted by Crippen LogP contribution is -2.18. The van der Waals surface area contributed by atoms with Gasteiger partial charge in [-0.3, -0.25) is 5.32 Å². The largest absolute Gasteiger partial charge is 0.365 e. The van der Waals surface area contributed by atoms with Gasteiger partial charge >= 0.3 is 0 Å². The van der Waals surface area contributed by atoms with E-state index in [1.54, 1.807) is 0 Å². The van der Waals surface area contributed by atoms with Gasteiger partial charge in [-0.05, 0) is 6.92 Å². The minimum atomic E-state index is 0. The number of hydrogen-bond acceptors (Lipinski definition) is 2. The molecule has 1 fully saturated rings. The maximum absolute atomic E-state index is 4.95. The van der Waals surface area contributed by atoms with Gasteiger partial charge in [0.1, 0.15) is 0 Å². The van der Waals surface area contributed by atoms with E-state index < -0.39 is 0 Å². The van der Waals surface area contributed by atoms with Crippen LogP contribution >= 0.6 is 12.4 Å². The molecule has 7 heavy (non-hydrogen) atoms. The van der Waals surface area contributed by atoms with Crippen molar-refractivity contribution in [2.75, 3.05) is 13.3 Å². The first-order chi connectivity index (χ1) is 2.89. The van der Waals surface area contributed by atoms with E-state index in [-0.39, 0.29) is 12.4 Å². The fourth-order valence-corrected chi connectivity index (χ4v) is 0.496. The fraction of sp³-hybridized carbons (Fsp3) is 1.00. The molecule has 2 nitrogen and oxygen atoms in total. The Morgan fingerprint density at radius 1 is 1.71 bits per heavy atom. The predicted octanol–water partition coefficient (Wildman–Crippen LogP) is 0.374. The summed E-state index contributed by atoms with van der Waals surface area (Å²) >= 11 is 0. The number of halogens is 1. The standard InChI is InChI=1S/C4H9NO.ClH/c1-4-2-6-3-5-4;/h4-5H,2-3H2,1H3;1H. The average Bonchev–Trinajstić information content (AvgIpc) is 1.86. The first-order valence-corrected chi connectivity index (χ1v) is 2.21. The summed E-state index contributed by atoms with van der Waals surface area (Å²) in [5.74, 6) is 0. The number of nitrogens with one attached hydrogen (secondary N) is 1. The Morgan fingerprint density at radius 2 is 2.43 bits per heavy atom. The highest BCUT2D eigenvalue weighted by atomic mass is 35.5. The maximum Gasteiger partial charge on any atom is 0.0968 e. The molecule has 1 saturated heterocycles. The third-order valence-electron chi connectivity index (χ3n) is 0.902. The van der Waals surface area contributed by atoms with E-state index >= 15 is 0 Å². The Hall–Kier alpha value is 0.210. The van der Waals surface area contributed by atoms with E-state index in [1.807, 2.05) is 0 Å². The zero-order valence-corrected chi connectivity index (χ0v) is 5.12. The molecule has 0 radical (unpaired) electrons. The van der Waals surface area contributed by atoms with Crippen LogP contribution in [0.5, 0.6) is 0 Å². The van der Waals surface area contributed by atoms with Gasteiger partial charge in [-0.15, -0.1) is 12.4 Å². The van der Waals surface area contributed by atoms with Crippen LogP contribution in [0.4, 0.5) is 0 Å². The van der Waals surface area contributed by atoms with Gasteiger partial charge in [0.25, 0.3) is 0 Å². The molecule has 0 aliphatic carbocycles. The minimum absolute atomic E-state index is 0. The lowest BCUT2D eigenvalue weighted by Gasteiger charge is -1.91. The van der Waals surface area contributed by atoms with E-state index in [9.17, 15) is 0 Å². The lowest BCUT2D eigenvalue weighted by atomic mass is 10.4. The van der Waals surface area contributed by atoms with Crippen molar-refractivity contribution in [3.05, 3.63) is 0 Å². The second-order valence-corrected chi connectivity index (χ2v) is 1.62. The molecule has 0 aromatic rings. The van der Waals surface area contributed by atoms with Gasteiger partial charge in [0, 0.05) is 6.04 Å². The molecule has 0 bridgehead atoms. The normalized spacial score (nSPS) is 29.6. The van der Waals surface area contributed by atoms with Crippen LogP contribution in [-0.4, -0.2) is 19.4 Å². The second kappa shape index (κ2) is 3.24. The van der Waals surface area contributed by atoms with Crippen LogP contribution in [0.1, 0.15) is 6.92 Å². The highest BCUT2D eigenvalue weighted by molar-refractivity contribution is 5.85. The van der Waals surface area contributed by atoms with Crippen LogP contribution < -0.4 is 5.32 Å². The molecule has 0 aromatic carbocycles. The summed E-state index contributed by atoms with van der Waals surface area (Å²) in [5.41, 5.74) is 0. The molecule has 1 atom stereocenters. The van der Waals surface area contributed by atoms with Crippen molar-refractivity contribution in [2.45, 2.75) is 13.0 Å². The summed E-state index contributed by atoms with van der Waals surface area (Å²) < 4.78 is 4.95. The van der Waals surface area contributed by atoms with Crippen LogP contribution in [-0.2, 0) is 4.74 Å². The molecule has 44 valence electrons. The quantitative estimate of drug-likeness (QED) is 0.503. The van der Waals surface area contributed by atoms with E-state index in [0.717, 1.165) is 13.3 Å². The van der Waals surface area contributed by atoms with Gasteiger partial charge in [-0.25, -0.2) is 0 Å². The van der Waals surface area contributed by atoms with Crippen molar-refractivity contribution in [3.8, 4) is 0 Å². The van der Waals surface area contributed by atoms with E-state index in [0.29, 0.717) is 6.04 Å². The molecule has 0 spiro atoms. The van der Waals surface area contributed by atoms with Crippen molar-refractivity contribution in [1.82, 2.24) is 5.32 Å². The van der Waals surface area contributed by atoms with E-state index in [4.69, 9.17) is 4.74 Å². The molecule has 1 heterocycles. The summed E-state index contributed by atoms with van der Waals surface area (Å²) in [6, 6.07) is 0.574. The van der Waals surface area contributed by atoms with Crippen LogP contribution in [0.2, 0.25) is 0 Å². The molecular weight excluding hydrogens is 114 g/mol. The van der Waals surface area contributed by atoms with Gasteiger partial charge < -0.3 is 4.74 Å². The SMILES string of the molecule is CC1COCN1.Cl. The number of ether oxygens (including phenoxy) is 1. The Bertz CT molecular complexity index is 45.0. The summed E-state index contributed by atoms with van der Waals surface area (Å²) in [6.45, 7) is 3.72. The van der Waals surface area contributed by atoms with E-state index in [1.165, 1.54) is 0 Å². The third-order valence-corrected chi connectivity index (χ3v) is 0.902. The minimum Gasteiger partial charge on any atom is -0.365 e. The summed E-state index contributed by atoms with van der Waals surface area (Å²) in [4.78, 5) is 0. The third kappa shape index (κ3) is 2.12. The van der Waals surface area contributed by atoms with Crippen LogP contribution in [0.15, 0.2) is 0 Å².